The van der Waals surface area contributed by atoms with Crippen LogP contribution < -0.4 is 4.72 Å². The van der Waals surface area contributed by atoms with E-state index in [0.717, 1.165) is 5.56 Å². The van der Waals surface area contributed by atoms with Crippen LogP contribution in [0.1, 0.15) is 12.0 Å². The molecule has 0 saturated heterocycles. The van der Waals surface area contributed by atoms with Crippen LogP contribution in [0.15, 0.2) is 27.6 Å². The van der Waals surface area contributed by atoms with E-state index in [4.69, 9.17) is 9.84 Å². The minimum Gasteiger partial charge on any atom is -0.481 e. The van der Waals surface area contributed by atoms with Gasteiger partial charge in [0.2, 0.25) is 10.0 Å². The molecule has 0 aromatic heterocycles. The van der Waals surface area contributed by atoms with Gasteiger partial charge in [0.1, 0.15) is 0 Å². The molecule has 0 fully saturated rings. The number of rotatable bonds is 7. The summed E-state index contributed by atoms with van der Waals surface area (Å²) in [7, 11) is -2.38. The molecule has 0 bridgehead atoms. The molecule has 2 N–H and O–H groups in total. The molecule has 6 nitrogen and oxygen atoms in total. The Morgan fingerprint density at radius 3 is 2.65 bits per heavy atom. The Bertz CT molecular complexity index is 588. The quantitative estimate of drug-likeness (QED) is 0.764. The van der Waals surface area contributed by atoms with Crippen molar-refractivity contribution in [2.75, 3.05) is 13.7 Å². The minimum atomic E-state index is -3.72. The normalized spacial score (nSPS) is 13.2. The van der Waals surface area contributed by atoms with Gasteiger partial charge in [-0.05, 0) is 40.5 Å². The highest BCUT2D eigenvalue weighted by atomic mass is 79.9. The van der Waals surface area contributed by atoms with E-state index in [0.29, 0.717) is 4.47 Å². The molecule has 8 heteroatoms. The number of methoxy groups -OCH3 is 1. The third-order valence-corrected chi connectivity index (χ3v) is 5.01. The number of carboxylic acid groups (broad SMARTS) is 1. The highest BCUT2D eigenvalue weighted by molar-refractivity contribution is 9.10. The van der Waals surface area contributed by atoms with Crippen LogP contribution in [-0.4, -0.2) is 39.3 Å². The Hall–Kier alpha value is -0.960. The zero-order chi connectivity index (χ0) is 15.3. The van der Waals surface area contributed by atoms with Crippen molar-refractivity contribution in [1.82, 2.24) is 4.72 Å². The molecule has 0 aliphatic rings. The molecule has 0 aliphatic carbocycles. The summed E-state index contributed by atoms with van der Waals surface area (Å²) in [5, 5.41) is 8.67. The number of nitrogens with one attached hydrogen (secondary N) is 1. The maximum absolute atomic E-state index is 12.1. The summed E-state index contributed by atoms with van der Waals surface area (Å²) >= 11 is 3.20. The summed E-state index contributed by atoms with van der Waals surface area (Å²) in [6, 6.07) is 4.87. The molecule has 0 amide bonds. The molecule has 0 aliphatic heterocycles. The van der Waals surface area contributed by atoms with E-state index < -0.39 is 22.1 Å². The molecule has 0 spiro atoms. The van der Waals surface area contributed by atoms with Crippen LogP contribution in [0.3, 0.4) is 0 Å². The van der Waals surface area contributed by atoms with Crippen molar-refractivity contribution in [1.29, 1.82) is 0 Å². The van der Waals surface area contributed by atoms with E-state index in [1.807, 2.05) is 6.92 Å². The summed E-state index contributed by atoms with van der Waals surface area (Å²) < 4.78 is 32.0. The average Bonchev–Trinajstić information content (AvgIpc) is 2.33. The SMILES string of the molecule is COC(CNS(=O)(=O)c1ccc(C)cc1Br)CC(=O)O. The first-order valence-corrected chi connectivity index (χ1v) is 8.04. The highest BCUT2D eigenvalue weighted by Crippen LogP contribution is 2.22. The van der Waals surface area contributed by atoms with Gasteiger partial charge >= 0.3 is 5.97 Å². The average molecular weight is 366 g/mol. The van der Waals surface area contributed by atoms with Crippen molar-refractivity contribution >= 4 is 31.9 Å². The van der Waals surface area contributed by atoms with E-state index >= 15 is 0 Å². The van der Waals surface area contributed by atoms with Crippen LogP contribution in [-0.2, 0) is 19.6 Å². The van der Waals surface area contributed by atoms with E-state index in [1.165, 1.54) is 13.2 Å². The fraction of sp³-hybridized carbons (Fsp3) is 0.417. The lowest BCUT2D eigenvalue weighted by Gasteiger charge is -2.15. The first-order valence-electron chi connectivity index (χ1n) is 5.76. The third-order valence-electron chi connectivity index (χ3n) is 2.61. The molecule has 1 atom stereocenters. The highest BCUT2D eigenvalue weighted by Gasteiger charge is 2.20. The second-order valence-electron chi connectivity index (χ2n) is 4.24. The van der Waals surface area contributed by atoms with Gasteiger partial charge in [-0.25, -0.2) is 13.1 Å². The smallest absolute Gasteiger partial charge is 0.306 e. The van der Waals surface area contributed by atoms with Crippen molar-refractivity contribution in [2.45, 2.75) is 24.3 Å². The third kappa shape index (κ3) is 4.86. The number of ether oxygens (including phenoxy) is 1. The van der Waals surface area contributed by atoms with Crippen molar-refractivity contribution in [3.63, 3.8) is 0 Å². The molecule has 20 heavy (non-hydrogen) atoms. The molecule has 0 saturated carbocycles. The minimum absolute atomic E-state index is 0.105. The number of aryl methyl sites for hydroxylation is 1. The summed E-state index contributed by atoms with van der Waals surface area (Å²) in [5.74, 6) is -1.05. The topological polar surface area (TPSA) is 92.7 Å². The van der Waals surface area contributed by atoms with Crippen LogP contribution in [0.2, 0.25) is 0 Å². The molecule has 1 unspecified atom stereocenters. The second-order valence-corrected chi connectivity index (χ2v) is 6.83. The van der Waals surface area contributed by atoms with Gasteiger partial charge in [-0.15, -0.1) is 0 Å². The van der Waals surface area contributed by atoms with Crippen LogP contribution >= 0.6 is 15.9 Å². The van der Waals surface area contributed by atoms with Crippen molar-refractivity contribution in [2.24, 2.45) is 0 Å². The number of benzene rings is 1. The maximum Gasteiger partial charge on any atom is 0.306 e. The van der Waals surface area contributed by atoms with Gasteiger partial charge in [-0.3, -0.25) is 4.79 Å². The lowest BCUT2D eigenvalue weighted by atomic mass is 10.2. The number of halogens is 1. The van der Waals surface area contributed by atoms with E-state index in [9.17, 15) is 13.2 Å². The van der Waals surface area contributed by atoms with Gasteiger partial charge in [0, 0.05) is 18.1 Å². The number of carbonyl (C=O) groups is 1. The first kappa shape index (κ1) is 17.1. The van der Waals surface area contributed by atoms with Crippen LogP contribution in [0.4, 0.5) is 0 Å². The molecular formula is C12H16BrNO5S. The van der Waals surface area contributed by atoms with Gasteiger partial charge in [-0.2, -0.15) is 0 Å². The fourth-order valence-electron chi connectivity index (χ4n) is 1.54. The van der Waals surface area contributed by atoms with Gasteiger partial charge < -0.3 is 9.84 Å². The maximum atomic E-state index is 12.1. The molecule has 1 rings (SSSR count). The molecule has 0 radical (unpaired) electrons. The lowest BCUT2D eigenvalue weighted by Crippen LogP contribution is -2.34. The number of sulfonamides is 1. The zero-order valence-corrected chi connectivity index (χ0v) is 13.5. The Morgan fingerprint density at radius 2 is 2.15 bits per heavy atom. The van der Waals surface area contributed by atoms with Crippen LogP contribution in [0.25, 0.3) is 0 Å². The number of hydrogen-bond acceptors (Lipinski definition) is 4. The summed E-state index contributed by atoms with van der Waals surface area (Å²) in [6.07, 6.45) is -0.986. The Balaban J connectivity index is 2.82. The Morgan fingerprint density at radius 1 is 1.50 bits per heavy atom. The standard InChI is InChI=1S/C12H16BrNO5S/c1-8-3-4-11(10(13)5-8)20(17,18)14-7-9(19-2)6-12(15)16/h3-5,9,14H,6-7H2,1-2H3,(H,15,16). The van der Waals surface area contributed by atoms with Gasteiger partial charge in [-0.1, -0.05) is 6.07 Å². The zero-order valence-electron chi connectivity index (χ0n) is 11.1. The predicted molar refractivity (Wildman–Crippen MR) is 77.1 cm³/mol. The number of aliphatic carboxylic acids is 1. The van der Waals surface area contributed by atoms with E-state index in [-0.39, 0.29) is 17.9 Å². The summed E-state index contributed by atoms with van der Waals surface area (Å²) in [6.45, 7) is 1.74. The van der Waals surface area contributed by atoms with E-state index in [2.05, 4.69) is 20.7 Å². The number of carboxylic acids is 1. The predicted octanol–water partition coefficient (Wildman–Crippen LogP) is 1.53. The van der Waals surface area contributed by atoms with Crippen molar-refractivity contribution < 1.29 is 23.1 Å². The van der Waals surface area contributed by atoms with E-state index in [1.54, 1.807) is 12.1 Å². The largest absolute Gasteiger partial charge is 0.481 e. The Labute approximate surface area is 126 Å². The Kier molecular flexibility index (Phi) is 6.12. The molecule has 112 valence electrons. The van der Waals surface area contributed by atoms with Crippen molar-refractivity contribution in [3.8, 4) is 0 Å². The van der Waals surface area contributed by atoms with Gasteiger partial charge in [0.05, 0.1) is 17.4 Å². The van der Waals surface area contributed by atoms with Crippen LogP contribution in [0.5, 0.6) is 0 Å². The molecule has 1 aromatic carbocycles. The monoisotopic (exact) mass is 365 g/mol. The van der Waals surface area contributed by atoms with Gasteiger partial charge in [0.15, 0.2) is 0 Å². The molecular weight excluding hydrogens is 350 g/mol. The van der Waals surface area contributed by atoms with Crippen molar-refractivity contribution in [3.05, 3.63) is 28.2 Å². The van der Waals surface area contributed by atoms with Crippen LogP contribution in [0, 0.1) is 6.92 Å². The summed E-state index contributed by atoms with van der Waals surface area (Å²) in [5.41, 5.74) is 0.927. The number of hydrogen-bond donors (Lipinski definition) is 2. The first-order chi connectivity index (χ1) is 9.26. The molecule has 1 aromatic rings. The lowest BCUT2D eigenvalue weighted by molar-refractivity contribution is -0.139. The second kappa shape index (κ2) is 7.16. The summed E-state index contributed by atoms with van der Waals surface area (Å²) in [4.78, 5) is 10.7. The fourth-order valence-corrected chi connectivity index (χ4v) is 3.79. The van der Waals surface area contributed by atoms with Gasteiger partial charge in [0.25, 0.3) is 0 Å². The molecule has 0 heterocycles.